The minimum absolute atomic E-state index is 0.0579. The number of alkyl carbamates (subject to hydrolysis) is 1. The number of rotatable bonds is 14. The molecule has 1 aromatic heterocycles. The van der Waals surface area contributed by atoms with Gasteiger partial charge in [0.1, 0.15) is 18.5 Å². The van der Waals surface area contributed by atoms with E-state index < -0.39 is 12.1 Å². The van der Waals surface area contributed by atoms with Crippen molar-refractivity contribution in [2.75, 3.05) is 18.4 Å². The molecule has 49 heavy (non-hydrogen) atoms. The topological polar surface area (TPSA) is 168 Å². The molecule has 0 spiro atoms. The second-order valence-electron chi connectivity index (χ2n) is 12.2. The number of ether oxygens (including phenoxy) is 1. The molecule has 1 atom stereocenters. The maximum absolute atomic E-state index is 13.3. The highest BCUT2D eigenvalue weighted by Crippen LogP contribution is 2.29. The summed E-state index contributed by atoms with van der Waals surface area (Å²) in [6, 6.07) is 15.2. The van der Waals surface area contributed by atoms with Crippen molar-refractivity contribution in [1.29, 1.82) is 0 Å². The Morgan fingerprint density at radius 3 is 2.39 bits per heavy atom. The van der Waals surface area contributed by atoms with Crippen LogP contribution in [0, 0.1) is 5.92 Å². The number of nitrogens with one attached hydrogen (secondary N) is 3. The Morgan fingerprint density at radius 1 is 0.959 bits per heavy atom. The Morgan fingerprint density at radius 2 is 1.69 bits per heavy atom. The molecule has 5 N–H and O–H groups in total. The molecule has 4 rings (SSSR count). The van der Waals surface area contributed by atoms with E-state index in [0.29, 0.717) is 52.6 Å². The molecular weight excluding hydrogens is 622 g/mol. The Bertz CT molecular complexity index is 1700. The number of amides is 4. The number of benzene rings is 2. The number of hydrogen-bond donors (Lipinski definition) is 4. The number of anilines is 1. The number of nitrogens with two attached hydrogens (primary N) is 1. The third kappa shape index (κ3) is 10.5. The lowest BCUT2D eigenvalue weighted by molar-refractivity contribution is -0.127. The molecule has 0 saturated carbocycles. The minimum atomic E-state index is -0.820. The molecule has 12 heteroatoms. The van der Waals surface area contributed by atoms with Crippen molar-refractivity contribution in [2.24, 2.45) is 16.6 Å². The van der Waals surface area contributed by atoms with Gasteiger partial charge in [-0.1, -0.05) is 64.1 Å². The molecule has 1 unspecified atom stereocenters. The molecule has 0 aliphatic carbocycles. The lowest BCUT2D eigenvalue weighted by Gasteiger charge is -2.22. The van der Waals surface area contributed by atoms with Gasteiger partial charge in [-0.15, -0.1) is 0 Å². The molecule has 12 nitrogen and oxygen atoms in total. The molecule has 2 heterocycles. The van der Waals surface area contributed by atoms with E-state index in [-0.39, 0.29) is 43.2 Å². The van der Waals surface area contributed by atoms with Gasteiger partial charge in [0.05, 0.1) is 17.6 Å². The molecule has 3 aromatic rings. The maximum Gasteiger partial charge on any atom is 0.408 e. The van der Waals surface area contributed by atoms with E-state index in [9.17, 15) is 19.2 Å². The first-order valence-electron chi connectivity index (χ1n) is 16.5. The molecule has 1 aliphatic rings. The van der Waals surface area contributed by atoms with Crippen LogP contribution in [0.4, 0.5) is 16.2 Å². The third-order valence-corrected chi connectivity index (χ3v) is 7.76. The number of nitrogens with zero attached hydrogens (tertiary/aromatic N) is 3. The van der Waals surface area contributed by atoms with Crippen LogP contribution in [0.15, 0.2) is 77.6 Å². The molecule has 4 amide bonds. The van der Waals surface area contributed by atoms with Gasteiger partial charge in [0.2, 0.25) is 11.8 Å². The Hall–Kier alpha value is -5.52. The first-order chi connectivity index (χ1) is 23.6. The van der Waals surface area contributed by atoms with Gasteiger partial charge in [-0.2, -0.15) is 0 Å². The predicted octanol–water partition coefficient (Wildman–Crippen LogP) is 5.33. The van der Waals surface area contributed by atoms with Gasteiger partial charge in [0.15, 0.2) is 0 Å². The zero-order chi connectivity index (χ0) is 35.3. The smallest absolute Gasteiger partial charge is 0.408 e. The summed E-state index contributed by atoms with van der Waals surface area (Å²) >= 11 is 0. The summed E-state index contributed by atoms with van der Waals surface area (Å²) in [7, 11) is 0. The van der Waals surface area contributed by atoms with Crippen molar-refractivity contribution in [1.82, 2.24) is 20.5 Å². The first-order valence-corrected chi connectivity index (χ1v) is 16.5. The second kappa shape index (κ2) is 17.6. The largest absolute Gasteiger partial charge is 0.445 e. The molecule has 258 valence electrons. The predicted molar refractivity (Wildman–Crippen MR) is 190 cm³/mol. The zero-order valence-corrected chi connectivity index (χ0v) is 28.5. The van der Waals surface area contributed by atoms with Gasteiger partial charge >= 0.3 is 6.09 Å². The third-order valence-electron chi connectivity index (χ3n) is 7.76. The van der Waals surface area contributed by atoms with Crippen LogP contribution in [0.2, 0.25) is 0 Å². The number of pyridine rings is 1. The van der Waals surface area contributed by atoms with Crippen LogP contribution >= 0.6 is 0 Å². The van der Waals surface area contributed by atoms with Gasteiger partial charge in [0.25, 0.3) is 5.91 Å². The van der Waals surface area contributed by atoms with Crippen LogP contribution < -0.4 is 21.7 Å². The molecule has 2 aromatic carbocycles. The van der Waals surface area contributed by atoms with Gasteiger partial charge in [0, 0.05) is 49.0 Å². The molecule has 0 bridgehead atoms. The Kier molecular flexibility index (Phi) is 13.0. The highest BCUT2D eigenvalue weighted by Gasteiger charge is 2.25. The molecule has 0 saturated heterocycles. The molecule has 1 aliphatic heterocycles. The van der Waals surface area contributed by atoms with E-state index >= 15 is 0 Å². The van der Waals surface area contributed by atoms with E-state index in [1.165, 1.54) is 6.20 Å². The normalized spacial score (nSPS) is 12.8. The summed E-state index contributed by atoms with van der Waals surface area (Å²) in [4.78, 5) is 62.5. The Labute approximate surface area is 287 Å². The number of aromatic nitrogens is 1. The van der Waals surface area contributed by atoms with Crippen molar-refractivity contribution in [3.8, 4) is 0 Å². The van der Waals surface area contributed by atoms with E-state index in [4.69, 9.17) is 10.5 Å². The van der Waals surface area contributed by atoms with Crippen LogP contribution in [0.3, 0.4) is 0 Å². The standard InChI is InChI=1S/C37H45N7O5/c1-5-14-44(15-6-2)36(47)29-17-27-12-13-28(18-31(27)42-32(38)19-29)34(45)41-30-16-26(20-39-22-30)21-40-35(46)33(24(3)4)43-37(48)49-23-25-10-8-7-9-11-25/h7-13,16-18,20,22,24,33H,5-6,14-15,19,21,23H2,1-4H3,(H2,38,42)(H,40,46)(H,41,45)(H,43,48). The number of carbonyl (C=O) groups excluding carboxylic acids is 4. The average Bonchev–Trinajstić information content (AvgIpc) is 3.26. The minimum Gasteiger partial charge on any atom is -0.445 e. The molecule has 0 radical (unpaired) electrons. The van der Waals surface area contributed by atoms with Crippen molar-refractivity contribution in [3.05, 3.63) is 94.8 Å². The van der Waals surface area contributed by atoms with Gasteiger partial charge in [-0.05, 0) is 54.2 Å². The summed E-state index contributed by atoms with van der Waals surface area (Å²) in [5.74, 6) is -0.736. The summed E-state index contributed by atoms with van der Waals surface area (Å²) in [6.07, 6.45) is 6.13. The lowest BCUT2D eigenvalue weighted by Crippen LogP contribution is -2.49. The van der Waals surface area contributed by atoms with Gasteiger partial charge in [-0.25, -0.2) is 9.79 Å². The fourth-order valence-electron chi connectivity index (χ4n) is 5.31. The zero-order valence-electron chi connectivity index (χ0n) is 28.5. The molecule has 0 fully saturated rings. The van der Waals surface area contributed by atoms with Crippen molar-refractivity contribution < 1.29 is 23.9 Å². The van der Waals surface area contributed by atoms with E-state index in [2.05, 4.69) is 25.9 Å². The lowest BCUT2D eigenvalue weighted by atomic mass is 10.0. The monoisotopic (exact) mass is 667 g/mol. The van der Waals surface area contributed by atoms with Crippen molar-refractivity contribution in [3.63, 3.8) is 0 Å². The fraction of sp³-hybridized carbons (Fsp3) is 0.351. The maximum atomic E-state index is 13.3. The van der Waals surface area contributed by atoms with E-state index in [1.807, 2.05) is 62.9 Å². The summed E-state index contributed by atoms with van der Waals surface area (Å²) in [5.41, 5.74) is 10.2. The highest BCUT2D eigenvalue weighted by atomic mass is 16.5. The van der Waals surface area contributed by atoms with Crippen LogP contribution in [-0.2, 0) is 27.5 Å². The van der Waals surface area contributed by atoms with Crippen LogP contribution in [0.25, 0.3) is 6.08 Å². The average molecular weight is 668 g/mol. The van der Waals surface area contributed by atoms with Crippen LogP contribution in [0.5, 0.6) is 0 Å². The Balaban J connectivity index is 1.37. The summed E-state index contributed by atoms with van der Waals surface area (Å²) in [5, 5.41) is 8.31. The van der Waals surface area contributed by atoms with E-state index in [0.717, 1.165) is 18.4 Å². The second-order valence-corrected chi connectivity index (χ2v) is 12.2. The van der Waals surface area contributed by atoms with Crippen molar-refractivity contribution in [2.45, 2.75) is 66.2 Å². The summed E-state index contributed by atoms with van der Waals surface area (Å²) in [6.45, 7) is 9.26. The quantitative estimate of drug-likeness (QED) is 0.180. The van der Waals surface area contributed by atoms with E-state index in [1.54, 1.807) is 36.5 Å². The number of hydrogen-bond acceptors (Lipinski definition) is 8. The first kappa shape index (κ1) is 36.3. The molecular formula is C37H45N7O5. The van der Waals surface area contributed by atoms with Gasteiger partial charge in [-0.3, -0.25) is 19.4 Å². The van der Waals surface area contributed by atoms with Gasteiger partial charge < -0.3 is 31.3 Å². The summed E-state index contributed by atoms with van der Waals surface area (Å²) < 4.78 is 5.28. The van der Waals surface area contributed by atoms with Crippen LogP contribution in [0.1, 0.15) is 74.0 Å². The number of carbonyl (C=O) groups is 4. The highest BCUT2D eigenvalue weighted by molar-refractivity contribution is 6.08. The number of fused-ring (bicyclic) bond motifs is 1. The van der Waals surface area contributed by atoms with Crippen LogP contribution in [-0.4, -0.2) is 58.7 Å². The SMILES string of the molecule is CCCN(CCC)C(=O)C1=Cc2ccc(C(=O)Nc3cncc(CNC(=O)C(NC(=O)OCc4ccccc4)C(C)C)c3)cc2N=C(N)C1. The fourth-order valence-corrected chi connectivity index (χ4v) is 5.31. The number of aliphatic imine (C=N–C) groups is 1. The van der Waals surface area contributed by atoms with Crippen molar-refractivity contribution >= 4 is 47.1 Å². The number of amidine groups is 1.